The minimum atomic E-state index is 0. The summed E-state index contributed by atoms with van der Waals surface area (Å²) in [6, 6.07) is 28.7. The van der Waals surface area contributed by atoms with Gasteiger partial charge in [-0.2, -0.15) is 0 Å². The molecule has 0 aliphatic carbocycles. The number of thiophene rings is 1. The summed E-state index contributed by atoms with van der Waals surface area (Å²) >= 11 is 3.78. The van der Waals surface area contributed by atoms with E-state index in [1.54, 1.807) is 23.5 Å². The van der Waals surface area contributed by atoms with Crippen LogP contribution in [0.1, 0.15) is 5.56 Å². The van der Waals surface area contributed by atoms with Crippen LogP contribution in [0.15, 0.2) is 102 Å². The number of phenols is 2. The Morgan fingerprint density at radius 2 is 1.06 bits per heavy atom. The molecule has 158 valence electrons. The summed E-state index contributed by atoms with van der Waals surface area (Å²) in [5.74, 6) is 0.700. The molecule has 6 heteroatoms. The summed E-state index contributed by atoms with van der Waals surface area (Å²) in [5, 5.41) is 26.9. The quantitative estimate of drug-likeness (QED) is 0.234. The van der Waals surface area contributed by atoms with Crippen LogP contribution in [0.3, 0.4) is 0 Å². The topological polar surface area (TPSA) is 40.5 Å². The molecule has 5 rings (SSSR count). The van der Waals surface area contributed by atoms with Crippen molar-refractivity contribution >= 4 is 62.0 Å². The second kappa shape index (κ2) is 14.0. The predicted molar refractivity (Wildman–Crippen MR) is 135 cm³/mol. The summed E-state index contributed by atoms with van der Waals surface area (Å²) in [4.78, 5) is 0. The molecular weight excluding hydrogens is 483 g/mol. The third-order valence-corrected chi connectivity index (χ3v) is 5.47. The van der Waals surface area contributed by atoms with Crippen LogP contribution in [0.2, 0.25) is 0 Å². The third-order valence-electron chi connectivity index (χ3n) is 4.24. The molecular formula is C25H22Cl2O2STi. The molecule has 0 unspecified atom stereocenters. The minimum absolute atomic E-state index is 0. The van der Waals surface area contributed by atoms with E-state index in [2.05, 4.69) is 21.1 Å². The van der Waals surface area contributed by atoms with Gasteiger partial charge in [0, 0.05) is 10.8 Å². The number of aromatic hydroxyl groups is 2. The molecule has 1 heterocycles. The first kappa shape index (κ1) is 26.9. The Labute approximate surface area is 209 Å². The average molecular weight is 505 g/mol. The van der Waals surface area contributed by atoms with Gasteiger partial charge in [-0.15, -0.1) is 24.8 Å². The Hall–Kier alpha value is -2.14. The molecule has 0 saturated heterocycles. The van der Waals surface area contributed by atoms with Gasteiger partial charge >= 0.3 is 58.0 Å². The molecule has 2 nitrogen and oxygen atoms in total. The van der Waals surface area contributed by atoms with Crippen LogP contribution in [-0.2, 0) is 20.0 Å². The van der Waals surface area contributed by atoms with Crippen molar-refractivity contribution in [3.63, 3.8) is 0 Å². The Balaban J connectivity index is 0.000000231. The van der Waals surface area contributed by atoms with Crippen molar-refractivity contribution in [1.29, 1.82) is 0 Å². The average Bonchev–Trinajstić information content (AvgIpc) is 3.30. The molecule has 0 bridgehead atoms. The summed E-state index contributed by atoms with van der Waals surface area (Å²) in [6.07, 6.45) is 0. The molecule has 0 aliphatic heterocycles. The van der Waals surface area contributed by atoms with Crippen molar-refractivity contribution in [2.24, 2.45) is 0 Å². The van der Waals surface area contributed by atoms with E-state index in [0.717, 1.165) is 21.5 Å². The normalized spacial score (nSPS) is 9.13. The number of fused-ring (bicyclic) bond motifs is 2. The summed E-state index contributed by atoms with van der Waals surface area (Å²) in [7, 11) is 0. The fourth-order valence-electron chi connectivity index (χ4n) is 2.77. The van der Waals surface area contributed by atoms with Crippen LogP contribution in [-0.4, -0.2) is 14.5 Å². The van der Waals surface area contributed by atoms with Gasteiger partial charge in [0.15, 0.2) is 0 Å². The molecule has 0 spiro atoms. The number of hydrogen-bond donors (Lipinski definition) is 2. The Morgan fingerprint density at radius 1 is 0.613 bits per heavy atom. The van der Waals surface area contributed by atoms with Crippen LogP contribution < -0.4 is 0 Å². The Bertz CT molecular complexity index is 1120. The van der Waals surface area contributed by atoms with Gasteiger partial charge in [-0.3, -0.25) is 0 Å². The van der Waals surface area contributed by atoms with E-state index in [4.69, 9.17) is 0 Å². The van der Waals surface area contributed by atoms with Gasteiger partial charge in [0.1, 0.15) is 11.5 Å². The zero-order valence-electron chi connectivity index (χ0n) is 16.5. The van der Waals surface area contributed by atoms with E-state index in [0.29, 0.717) is 11.5 Å². The Morgan fingerprint density at radius 3 is 1.42 bits per heavy atom. The third kappa shape index (κ3) is 7.81. The van der Waals surface area contributed by atoms with Gasteiger partial charge in [0.25, 0.3) is 0 Å². The van der Waals surface area contributed by atoms with Gasteiger partial charge in [0.2, 0.25) is 0 Å². The van der Waals surface area contributed by atoms with Crippen LogP contribution in [0.4, 0.5) is 0 Å². The van der Waals surface area contributed by atoms with E-state index in [1.807, 2.05) is 92.8 Å². The molecule has 0 saturated carbocycles. The van der Waals surface area contributed by atoms with Gasteiger partial charge in [0.05, 0.1) is 0 Å². The van der Waals surface area contributed by atoms with E-state index >= 15 is 0 Å². The molecule has 0 amide bonds. The zero-order chi connectivity index (χ0) is 20.5. The maximum atomic E-state index is 9.37. The fourth-order valence-corrected chi connectivity index (χ4v) is 3.86. The van der Waals surface area contributed by atoms with Crippen molar-refractivity contribution in [1.82, 2.24) is 0 Å². The van der Waals surface area contributed by atoms with Crippen molar-refractivity contribution in [3.8, 4) is 11.5 Å². The van der Waals surface area contributed by atoms with Crippen molar-refractivity contribution in [2.45, 2.75) is 0 Å². The number of halogens is 2. The SMILES string of the molecule is Cl.Cl.Oc1cccc2ccccc12.Oc1cccc2ccccc12.[Ti]=[CH]c1ccsc1. The van der Waals surface area contributed by atoms with Crippen LogP contribution >= 0.6 is 36.2 Å². The molecule has 0 fully saturated rings. The van der Waals surface area contributed by atoms with Crippen LogP contribution in [0.25, 0.3) is 21.5 Å². The monoisotopic (exact) mass is 504 g/mol. The van der Waals surface area contributed by atoms with E-state index in [-0.39, 0.29) is 24.8 Å². The van der Waals surface area contributed by atoms with Gasteiger partial charge < -0.3 is 10.2 Å². The second-order valence-corrected chi connectivity index (χ2v) is 7.43. The van der Waals surface area contributed by atoms with Crippen LogP contribution in [0.5, 0.6) is 11.5 Å². The van der Waals surface area contributed by atoms with E-state index < -0.39 is 0 Å². The predicted octanol–water partition coefficient (Wildman–Crippen LogP) is 7.38. The first-order valence-electron chi connectivity index (χ1n) is 9.05. The summed E-state index contributed by atoms with van der Waals surface area (Å²) < 4.78 is 2.09. The maximum absolute atomic E-state index is 9.37. The molecule has 0 radical (unpaired) electrons. The van der Waals surface area contributed by atoms with Gasteiger partial charge in [-0.25, -0.2) is 0 Å². The molecule has 4 aromatic carbocycles. The molecule has 31 heavy (non-hydrogen) atoms. The number of phenolic OH excluding ortho intramolecular Hbond substituents is 2. The van der Waals surface area contributed by atoms with Gasteiger partial charge in [-0.1, -0.05) is 72.8 Å². The van der Waals surface area contributed by atoms with Gasteiger partial charge in [-0.05, 0) is 22.9 Å². The summed E-state index contributed by atoms with van der Waals surface area (Å²) in [6.45, 7) is 0. The van der Waals surface area contributed by atoms with Crippen molar-refractivity contribution < 1.29 is 30.2 Å². The van der Waals surface area contributed by atoms with E-state index in [9.17, 15) is 10.2 Å². The summed E-state index contributed by atoms with van der Waals surface area (Å²) in [5.41, 5.74) is 1.32. The molecule has 2 N–H and O–H groups in total. The first-order chi connectivity index (χ1) is 14.2. The zero-order valence-corrected chi connectivity index (χ0v) is 20.5. The standard InChI is InChI=1S/2C10H8O.C5H4S.2ClH.Ti/c2*11-10-7-3-5-8-4-1-2-6-9(8)10;1-5-2-3-6-4-5;;;/h2*1-7,11H;1-4H;2*1H;. The fraction of sp³-hybridized carbons (Fsp3) is 0. The molecule has 1 aromatic heterocycles. The van der Waals surface area contributed by atoms with Crippen LogP contribution in [0, 0.1) is 0 Å². The number of rotatable bonds is 1. The molecule has 0 aliphatic rings. The number of hydrogen-bond acceptors (Lipinski definition) is 3. The second-order valence-electron chi connectivity index (χ2n) is 6.20. The molecule has 0 atom stereocenters. The Kier molecular flexibility index (Phi) is 12.2. The molecule has 5 aromatic rings. The number of benzene rings is 4. The van der Waals surface area contributed by atoms with Crippen molar-refractivity contribution in [3.05, 3.63) is 107 Å². The first-order valence-corrected chi connectivity index (χ1v) is 10.9. The van der Waals surface area contributed by atoms with Crippen molar-refractivity contribution in [2.75, 3.05) is 0 Å². The van der Waals surface area contributed by atoms with E-state index in [1.165, 1.54) is 5.56 Å².